The number of rotatable bonds is 0. The fourth-order valence-electron chi connectivity index (χ4n) is 1.12. The normalized spacial score (nSPS) is 14.8. The third kappa shape index (κ3) is 3.81. The van der Waals surface area contributed by atoms with E-state index in [0.717, 1.165) is 0 Å². The number of sulfonamides is 1. The van der Waals surface area contributed by atoms with Gasteiger partial charge in [-0.05, 0) is 12.1 Å². The smallest absolute Gasteiger partial charge is 1.00 e. The molecule has 1 aliphatic rings. The van der Waals surface area contributed by atoms with E-state index in [1.165, 1.54) is 12.1 Å². The fourth-order valence-corrected chi connectivity index (χ4v) is 2.29. The van der Waals surface area contributed by atoms with Crippen LogP contribution in [0.3, 0.4) is 0 Å². The third-order valence-corrected chi connectivity index (χ3v) is 3.04. The largest absolute Gasteiger partial charge is 1.00 e. The third-order valence-electron chi connectivity index (χ3n) is 1.65. The zero-order valence-electron chi connectivity index (χ0n) is 11.9. The van der Waals surface area contributed by atoms with Gasteiger partial charge in [0.05, 0.1) is 5.56 Å². The Kier molecular flexibility index (Phi) is 9.06. The number of benzene rings is 1. The number of amides is 1. The van der Waals surface area contributed by atoms with Crippen LogP contribution in [-0.2, 0) is 10.0 Å². The minimum absolute atomic E-state index is 0. The van der Waals surface area contributed by atoms with Gasteiger partial charge in [0.2, 0.25) is 0 Å². The number of carbonyl (C=O) groups is 1. The fraction of sp³-hybridized carbons (Fsp3) is 0. The zero-order chi connectivity index (χ0) is 8.77. The predicted octanol–water partition coefficient (Wildman–Crippen LogP) is -8.53. The van der Waals surface area contributed by atoms with E-state index in [0.29, 0.717) is 0 Å². The van der Waals surface area contributed by atoms with Crippen molar-refractivity contribution in [2.24, 2.45) is 0 Å². The van der Waals surface area contributed by atoms with E-state index in [4.69, 9.17) is 0 Å². The molecule has 0 bridgehead atoms. The summed E-state index contributed by atoms with van der Waals surface area (Å²) in [4.78, 5) is 11.1. The maximum absolute atomic E-state index is 11.1. The van der Waals surface area contributed by atoms with Gasteiger partial charge in [0.1, 0.15) is 4.90 Å². The van der Waals surface area contributed by atoms with E-state index in [1.54, 1.807) is 12.1 Å². The van der Waals surface area contributed by atoms with Gasteiger partial charge in [-0.1, -0.05) is 12.1 Å². The van der Waals surface area contributed by atoms with E-state index >= 15 is 0 Å². The second-order valence-corrected chi connectivity index (χ2v) is 4.08. The van der Waals surface area contributed by atoms with Gasteiger partial charge < -0.3 is 4.28 Å². The predicted molar refractivity (Wildman–Crippen MR) is 44.4 cm³/mol. The van der Waals surface area contributed by atoms with Crippen LogP contribution in [0, 0.1) is 0 Å². The summed E-state index contributed by atoms with van der Waals surface area (Å²) in [6.45, 7) is 0. The Balaban J connectivity index is -0.0000000939. The molecule has 68 valence electrons. The molecular weight excluding hydrogens is 247 g/mol. The molecule has 0 saturated heterocycles. The summed E-state index contributed by atoms with van der Waals surface area (Å²) < 4.78 is 24.2. The monoisotopic (exact) mass is 255 g/mol. The molecule has 0 unspecified atom stereocenters. The summed E-state index contributed by atoms with van der Waals surface area (Å²) >= 11 is 0. The van der Waals surface area contributed by atoms with Gasteiger partial charge in [-0.25, -0.2) is 13.1 Å². The topological polar surface area (TPSA) is 63.2 Å². The molecule has 1 N–H and O–H groups in total. The summed E-state index contributed by atoms with van der Waals surface area (Å²) in [6.07, 6.45) is 0. The average Bonchev–Trinajstić information content (AvgIpc) is 2.25. The first-order chi connectivity index (χ1) is 5.61. The number of nitrogens with one attached hydrogen (secondary N) is 1. The molecule has 1 aliphatic heterocycles. The van der Waals surface area contributed by atoms with Crippen LogP contribution in [0.15, 0.2) is 29.2 Å². The van der Waals surface area contributed by atoms with Gasteiger partial charge >= 0.3 is 88.7 Å². The minimum atomic E-state index is -3.55. The van der Waals surface area contributed by atoms with Crippen molar-refractivity contribution in [1.82, 2.24) is 4.72 Å². The molecular formula is C7H8NNa3O3S. The molecule has 0 aliphatic carbocycles. The van der Waals surface area contributed by atoms with Crippen molar-refractivity contribution in [2.75, 3.05) is 0 Å². The van der Waals surface area contributed by atoms with Gasteiger partial charge in [-0.2, -0.15) is 0 Å². The van der Waals surface area contributed by atoms with E-state index in [1.807, 2.05) is 4.72 Å². The summed E-state index contributed by atoms with van der Waals surface area (Å²) in [5.41, 5.74) is 0.220. The molecule has 1 heterocycles. The number of carbonyl (C=O) groups excluding carboxylic acids is 1. The maximum Gasteiger partial charge on any atom is 1.00 e. The van der Waals surface area contributed by atoms with E-state index in [2.05, 4.69) is 0 Å². The first kappa shape index (κ1) is 19.0. The minimum Gasteiger partial charge on any atom is -1.00 e. The van der Waals surface area contributed by atoms with Crippen molar-refractivity contribution >= 4 is 15.9 Å². The molecule has 4 nitrogen and oxygen atoms in total. The van der Waals surface area contributed by atoms with Gasteiger partial charge in [0, 0.05) is 0 Å². The molecule has 0 saturated carbocycles. The van der Waals surface area contributed by atoms with Gasteiger partial charge in [0.15, 0.2) is 0 Å². The van der Waals surface area contributed by atoms with E-state index in [-0.39, 0.29) is 103 Å². The van der Waals surface area contributed by atoms with Gasteiger partial charge in [0.25, 0.3) is 15.9 Å². The van der Waals surface area contributed by atoms with Crippen LogP contribution < -0.4 is 93.4 Å². The van der Waals surface area contributed by atoms with Crippen LogP contribution in [0.1, 0.15) is 14.6 Å². The van der Waals surface area contributed by atoms with Gasteiger partial charge in [-0.3, -0.25) is 4.79 Å². The standard InChI is InChI=1S/C7H5NO3S.3Na.3H/c9-7-5-3-1-2-4-6(5)12(10,11)8-7;;;;;;/h1-4H,(H,8,9);;;;;;/q;3*+1;3*-1. The molecule has 2 rings (SSSR count). The molecule has 15 heavy (non-hydrogen) atoms. The first-order valence-electron chi connectivity index (χ1n) is 3.27. The van der Waals surface area contributed by atoms with Crippen molar-refractivity contribution < 1.29 is 106 Å². The van der Waals surface area contributed by atoms with Crippen LogP contribution in [-0.4, -0.2) is 14.3 Å². The molecule has 1 amide bonds. The molecule has 1 aromatic carbocycles. The van der Waals surface area contributed by atoms with Crippen molar-refractivity contribution in [3.05, 3.63) is 29.8 Å². The maximum atomic E-state index is 11.1. The molecule has 8 heteroatoms. The average molecular weight is 255 g/mol. The Hall–Kier alpha value is 1.64. The van der Waals surface area contributed by atoms with Crippen molar-refractivity contribution in [2.45, 2.75) is 4.90 Å². The molecule has 0 atom stereocenters. The van der Waals surface area contributed by atoms with Crippen LogP contribution in [0.25, 0.3) is 0 Å². The quantitative estimate of drug-likeness (QED) is 0.468. The number of fused-ring (bicyclic) bond motifs is 1. The second kappa shape index (κ2) is 7.16. The van der Waals surface area contributed by atoms with E-state index < -0.39 is 15.9 Å². The molecule has 0 aromatic heterocycles. The van der Waals surface area contributed by atoms with Crippen LogP contribution in [0.2, 0.25) is 0 Å². The van der Waals surface area contributed by atoms with Crippen molar-refractivity contribution in [3.8, 4) is 0 Å². The summed E-state index contributed by atoms with van der Waals surface area (Å²) in [5.74, 6) is -0.550. The Morgan fingerprint density at radius 3 is 2.13 bits per heavy atom. The summed E-state index contributed by atoms with van der Waals surface area (Å²) in [6, 6.07) is 6.09. The van der Waals surface area contributed by atoms with E-state index in [9.17, 15) is 13.2 Å². The van der Waals surface area contributed by atoms with Crippen molar-refractivity contribution in [3.63, 3.8) is 0 Å². The molecule has 0 spiro atoms. The molecule has 1 aromatic rings. The first-order valence-corrected chi connectivity index (χ1v) is 4.76. The summed E-state index contributed by atoms with van der Waals surface area (Å²) in [5, 5.41) is 0. The second-order valence-electron chi connectivity index (χ2n) is 2.43. The van der Waals surface area contributed by atoms with Crippen molar-refractivity contribution in [1.29, 1.82) is 0 Å². The SMILES string of the molecule is O=C1NS(=O)(=O)c2ccccc21.[H-].[H-].[H-].[Na+].[Na+].[Na+]. The van der Waals surface area contributed by atoms with Crippen LogP contribution >= 0.6 is 0 Å². The van der Waals surface area contributed by atoms with Gasteiger partial charge in [-0.15, -0.1) is 0 Å². The Bertz CT molecular complexity index is 472. The number of hydrogen-bond acceptors (Lipinski definition) is 3. The Morgan fingerprint density at radius 1 is 1.07 bits per heavy atom. The molecule has 0 radical (unpaired) electrons. The van der Waals surface area contributed by atoms with Crippen LogP contribution in [0.5, 0.6) is 0 Å². The Morgan fingerprint density at radius 2 is 1.60 bits per heavy atom. The molecule has 0 fully saturated rings. The number of hydrogen-bond donors (Lipinski definition) is 1. The van der Waals surface area contributed by atoms with Crippen LogP contribution in [0.4, 0.5) is 0 Å². The Labute approximate surface area is 159 Å². The summed E-state index contributed by atoms with van der Waals surface area (Å²) in [7, 11) is -3.55. The zero-order valence-corrected chi connectivity index (χ0v) is 15.8.